The molecule has 0 bridgehead atoms. The van der Waals surface area contributed by atoms with Gasteiger partial charge < -0.3 is 4.74 Å². The molecule has 0 spiro atoms. The zero-order valence-electron chi connectivity index (χ0n) is 11.8. The van der Waals surface area contributed by atoms with Crippen molar-refractivity contribution in [2.45, 2.75) is 0 Å². The van der Waals surface area contributed by atoms with Gasteiger partial charge in [0.25, 0.3) is 0 Å². The molecule has 2 aromatic carbocycles. The molecule has 0 fully saturated rings. The van der Waals surface area contributed by atoms with E-state index in [0.29, 0.717) is 10.8 Å². The molecule has 0 aliphatic rings. The van der Waals surface area contributed by atoms with Gasteiger partial charge in [0.15, 0.2) is 5.82 Å². The van der Waals surface area contributed by atoms with Crippen LogP contribution in [0.1, 0.15) is 0 Å². The number of hydrogen-bond donors (Lipinski definition) is 2. The second-order valence-electron chi connectivity index (χ2n) is 4.64. The summed E-state index contributed by atoms with van der Waals surface area (Å²) in [6.45, 7) is 0. The van der Waals surface area contributed by atoms with Crippen LogP contribution in [0.2, 0.25) is 5.02 Å². The van der Waals surface area contributed by atoms with E-state index in [-0.39, 0.29) is 0 Å². The number of halogens is 1. The minimum Gasteiger partial charge on any atom is -0.497 e. The molecule has 6 heteroatoms. The highest BCUT2D eigenvalue weighted by molar-refractivity contribution is 6.30. The van der Waals surface area contributed by atoms with Crippen molar-refractivity contribution in [3.63, 3.8) is 0 Å². The van der Waals surface area contributed by atoms with Gasteiger partial charge >= 0.3 is 0 Å². The summed E-state index contributed by atoms with van der Waals surface area (Å²) < 4.78 is 6.90. The first-order valence-electron chi connectivity index (χ1n) is 6.62. The van der Waals surface area contributed by atoms with Gasteiger partial charge in [0, 0.05) is 16.7 Å². The van der Waals surface area contributed by atoms with Crippen molar-refractivity contribution in [2.75, 3.05) is 12.6 Å². The summed E-state index contributed by atoms with van der Waals surface area (Å²) in [5.74, 6) is 1.13. The average Bonchev–Trinajstić information content (AvgIpc) is 3.00. The Hall–Kier alpha value is -2.50. The minimum absolute atomic E-state index is 0.362. The van der Waals surface area contributed by atoms with Gasteiger partial charge in [-0.3, -0.25) is 10.7 Å². The summed E-state index contributed by atoms with van der Waals surface area (Å²) in [5, 5.41) is 14.1. The molecule has 0 amide bonds. The number of nitrogens with zero attached hydrogens (tertiary/aromatic N) is 2. The normalized spacial score (nSPS) is 10.5. The van der Waals surface area contributed by atoms with E-state index in [1.807, 2.05) is 48.5 Å². The van der Waals surface area contributed by atoms with Crippen molar-refractivity contribution < 1.29 is 9.94 Å². The zero-order valence-corrected chi connectivity index (χ0v) is 12.6. The number of rotatable bonds is 4. The second-order valence-corrected chi connectivity index (χ2v) is 5.08. The SMILES string of the molecule is COc1ccc(-n2nc(NO)cc2-c2ccc(Cl)cc2)cc1. The van der Waals surface area contributed by atoms with Gasteiger partial charge in [-0.2, -0.15) is 0 Å². The molecule has 2 N–H and O–H groups in total. The lowest BCUT2D eigenvalue weighted by atomic mass is 10.1. The Morgan fingerprint density at radius 3 is 2.36 bits per heavy atom. The Morgan fingerprint density at radius 2 is 1.77 bits per heavy atom. The van der Waals surface area contributed by atoms with Gasteiger partial charge in [-0.1, -0.05) is 23.7 Å². The lowest BCUT2D eigenvalue weighted by Gasteiger charge is -2.08. The molecule has 1 aromatic heterocycles. The van der Waals surface area contributed by atoms with Crippen molar-refractivity contribution >= 4 is 17.4 Å². The molecule has 0 aliphatic carbocycles. The number of aromatic nitrogens is 2. The van der Waals surface area contributed by atoms with Crippen LogP contribution in [-0.4, -0.2) is 22.1 Å². The highest BCUT2D eigenvalue weighted by Crippen LogP contribution is 2.27. The highest BCUT2D eigenvalue weighted by atomic mass is 35.5. The van der Waals surface area contributed by atoms with Gasteiger partial charge in [-0.25, -0.2) is 4.68 Å². The maximum atomic E-state index is 9.13. The summed E-state index contributed by atoms with van der Waals surface area (Å²) in [7, 11) is 1.62. The lowest BCUT2D eigenvalue weighted by Crippen LogP contribution is -2.00. The molecule has 112 valence electrons. The van der Waals surface area contributed by atoms with Crippen LogP contribution < -0.4 is 10.2 Å². The Bertz CT molecular complexity index is 767. The molecule has 0 aliphatic heterocycles. The summed E-state index contributed by atoms with van der Waals surface area (Å²) in [4.78, 5) is 0. The maximum absolute atomic E-state index is 9.13. The Labute approximate surface area is 132 Å². The number of hydrogen-bond acceptors (Lipinski definition) is 4. The largest absolute Gasteiger partial charge is 0.497 e. The van der Waals surface area contributed by atoms with Crippen molar-refractivity contribution in [3.05, 3.63) is 59.6 Å². The molecule has 0 radical (unpaired) electrons. The van der Waals surface area contributed by atoms with Crippen LogP contribution in [0.4, 0.5) is 5.82 Å². The number of ether oxygens (including phenoxy) is 1. The zero-order chi connectivity index (χ0) is 15.5. The molecule has 3 rings (SSSR count). The molecule has 1 heterocycles. The molecule has 0 saturated carbocycles. The maximum Gasteiger partial charge on any atom is 0.172 e. The number of benzene rings is 2. The topological polar surface area (TPSA) is 59.3 Å². The van der Waals surface area contributed by atoms with Crippen molar-refractivity contribution in [3.8, 4) is 22.7 Å². The standard InChI is InChI=1S/C16H14ClN3O2/c1-22-14-8-6-13(7-9-14)20-15(10-16(18-20)19-21)11-2-4-12(17)5-3-11/h2-10,21H,1H3,(H,18,19). The van der Waals surface area contributed by atoms with E-state index in [1.165, 1.54) is 0 Å². The van der Waals surface area contributed by atoms with E-state index in [4.69, 9.17) is 21.5 Å². The van der Waals surface area contributed by atoms with E-state index in [9.17, 15) is 0 Å². The van der Waals surface area contributed by atoms with Crippen LogP contribution in [0.3, 0.4) is 0 Å². The highest BCUT2D eigenvalue weighted by Gasteiger charge is 2.11. The Kier molecular flexibility index (Phi) is 4.00. The van der Waals surface area contributed by atoms with Gasteiger partial charge in [0.2, 0.25) is 0 Å². The third-order valence-corrected chi connectivity index (χ3v) is 3.53. The predicted octanol–water partition coefficient (Wildman–Crippen LogP) is 4.00. The molecular weight excluding hydrogens is 302 g/mol. The molecule has 22 heavy (non-hydrogen) atoms. The van der Waals surface area contributed by atoms with Crippen molar-refractivity contribution in [2.24, 2.45) is 0 Å². The molecule has 3 aromatic rings. The van der Waals surface area contributed by atoms with Gasteiger partial charge in [-0.15, -0.1) is 5.10 Å². The van der Waals surface area contributed by atoms with E-state index < -0.39 is 0 Å². The molecule has 5 nitrogen and oxygen atoms in total. The summed E-state index contributed by atoms with van der Waals surface area (Å²) >= 11 is 5.93. The van der Waals surface area contributed by atoms with E-state index >= 15 is 0 Å². The second kappa shape index (κ2) is 6.09. The Morgan fingerprint density at radius 1 is 1.09 bits per heavy atom. The van der Waals surface area contributed by atoms with E-state index in [1.54, 1.807) is 17.9 Å². The first-order chi connectivity index (χ1) is 10.7. The molecular formula is C16H14ClN3O2. The molecule has 0 unspecified atom stereocenters. The fourth-order valence-electron chi connectivity index (χ4n) is 2.18. The average molecular weight is 316 g/mol. The fourth-order valence-corrected chi connectivity index (χ4v) is 2.31. The Balaban J connectivity index is 2.09. The predicted molar refractivity (Wildman–Crippen MR) is 86.0 cm³/mol. The number of nitrogens with one attached hydrogen (secondary N) is 1. The van der Waals surface area contributed by atoms with Crippen LogP contribution in [0.5, 0.6) is 5.75 Å². The van der Waals surface area contributed by atoms with Gasteiger partial charge in [0.1, 0.15) is 5.75 Å². The van der Waals surface area contributed by atoms with E-state index in [0.717, 1.165) is 22.7 Å². The summed E-state index contributed by atoms with van der Waals surface area (Å²) in [5.41, 5.74) is 4.70. The van der Waals surface area contributed by atoms with Gasteiger partial charge in [-0.05, 0) is 36.4 Å². The van der Waals surface area contributed by atoms with Crippen LogP contribution in [0.25, 0.3) is 16.9 Å². The smallest absolute Gasteiger partial charge is 0.172 e. The number of methoxy groups -OCH3 is 1. The number of anilines is 1. The quantitative estimate of drug-likeness (QED) is 0.714. The van der Waals surface area contributed by atoms with Gasteiger partial charge in [0.05, 0.1) is 18.5 Å². The monoisotopic (exact) mass is 315 g/mol. The molecule has 0 atom stereocenters. The first-order valence-corrected chi connectivity index (χ1v) is 6.99. The third-order valence-electron chi connectivity index (χ3n) is 3.28. The minimum atomic E-state index is 0.362. The first kappa shape index (κ1) is 14.4. The molecule has 0 saturated heterocycles. The van der Waals surface area contributed by atoms with Crippen molar-refractivity contribution in [1.82, 2.24) is 9.78 Å². The van der Waals surface area contributed by atoms with Crippen LogP contribution >= 0.6 is 11.6 Å². The van der Waals surface area contributed by atoms with Crippen molar-refractivity contribution in [1.29, 1.82) is 0 Å². The van der Waals surface area contributed by atoms with E-state index in [2.05, 4.69) is 10.6 Å². The van der Waals surface area contributed by atoms with Crippen LogP contribution in [0, 0.1) is 0 Å². The lowest BCUT2D eigenvalue weighted by molar-refractivity contribution is 0.385. The van der Waals surface area contributed by atoms with Crippen LogP contribution in [0.15, 0.2) is 54.6 Å². The summed E-state index contributed by atoms with van der Waals surface area (Å²) in [6.07, 6.45) is 0. The summed E-state index contributed by atoms with van der Waals surface area (Å²) in [6, 6.07) is 16.7. The fraction of sp³-hybridized carbons (Fsp3) is 0.0625. The third kappa shape index (κ3) is 2.77. The van der Waals surface area contributed by atoms with Crippen LogP contribution in [-0.2, 0) is 0 Å².